The fourth-order valence-corrected chi connectivity index (χ4v) is 6.69. The number of aryl methyl sites for hydroxylation is 3. The molecule has 1 aliphatic heterocycles. The first-order chi connectivity index (χ1) is 20.3. The summed E-state index contributed by atoms with van der Waals surface area (Å²) in [6.45, 7) is 3.47. The van der Waals surface area contributed by atoms with Gasteiger partial charge in [-0.15, -0.1) is 0 Å². The van der Waals surface area contributed by atoms with Crippen molar-refractivity contribution in [2.24, 2.45) is 5.92 Å². The Balaban J connectivity index is 0.000000541. The quantitative estimate of drug-likeness (QED) is 0.332. The molecule has 3 aromatic rings. The lowest BCUT2D eigenvalue weighted by Gasteiger charge is -2.30. The summed E-state index contributed by atoms with van der Waals surface area (Å²) in [5, 5.41) is 13.6. The van der Waals surface area contributed by atoms with Gasteiger partial charge in [0, 0.05) is 31.6 Å². The number of carbonyl (C=O) groups is 2. The summed E-state index contributed by atoms with van der Waals surface area (Å²) in [5.74, 6) is -3.01. The van der Waals surface area contributed by atoms with Crippen LogP contribution in [-0.2, 0) is 32.5 Å². The van der Waals surface area contributed by atoms with E-state index in [1.807, 2.05) is 6.92 Å². The Kier molecular flexibility index (Phi) is 10.3. The van der Waals surface area contributed by atoms with Crippen LogP contribution in [0.3, 0.4) is 0 Å². The molecule has 1 saturated heterocycles. The SMILES string of the molecule is Cc1ccc(S(=O)(=O)NC2CNCC(C(=O)NCC3c4ccccc4CCc4ccccc43)C2)cc1.O=C(O)C(F)(F)F. The summed E-state index contributed by atoms with van der Waals surface area (Å²) in [6, 6.07) is 23.5. The van der Waals surface area contributed by atoms with Crippen molar-refractivity contribution in [2.45, 2.75) is 49.2 Å². The maximum absolute atomic E-state index is 13.2. The Hall–Kier alpha value is -3.74. The predicted octanol–water partition coefficient (Wildman–Crippen LogP) is 3.93. The number of aliphatic carboxylic acids is 1. The monoisotopic (exact) mass is 617 g/mol. The van der Waals surface area contributed by atoms with Crippen LogP contribution in [0.15, 0.2) is 77.7 Å². The zero-order valence-corrected chi connectivity index (χ0v) is 24.3. The van der Waals surface area contributed by atoms with Crippen LogP contribution >= 0.6 is 0 Å². The van der Waals surface area contributed by atoms with Gasteiger partial charge in [0.05, 0.1) is 10.8 Å². The Morgan fingerprint density at radius 1 is 0.907 bits per heavy atom. The first-order valence-corrected chi connectivity index (χ1v) is 15.4. The van der Waals surface area contributed by atoms with E-state index in [9.17, 15) is 26.4 Å². The van der Waals surface area contributed by atoms with Gasteiger partial charge in [-0.3, -0.25) is 4.79 Å². The van der Waals surface area contributed by atoms with Gasteiger partial charge < -0.3 is 15.7 Å². The van der Waals surface area contributed by atoms with Gasteiger partial charge in [0.15, 0.2) is 0 Å². The van der Waals surface area contributed by atoms with Crippen LogP contribution in [0, 0.1) is 12.8 Å². The second kappa shape index (κ2) is 13.7. The molecule has 0 saturated carbocycles. The lowest BCUT2D eigenvalue weighted by atomic mass is 9.87. The van der Waals surface area contributed by atoms with Gasteiger partial charge in [0.25, 0.3) is 0 Å². The van der Waals surface area contributed by atoms with Crippen LogP contribution in [0.25, 0.3) is 0 Å². The summed E-state index contributed by atoms with van der Waals surface area (Å²) in [4.78, 5) is 22.4. The number of benzene rings is 3. The first-order valence-electron chi connectivity index (χ1n) is 13.9. The molecule has 1 aliphatic carbocycles. The highest BCUT2D eigenvalue weighted by molar-refractivity contribution is 7.89. The van der Waals surface area contributed by atoms with Crippen molar-refractivity contribution in [3.63, 3.8) is 0 Å². The van der Waals surface area contributed by atoms with Crippen molar-refractivity contribution in [1.82, 2.24) is 15.4 Å². The molecule has 5 rings (SSSR count). The average molecular weight is 618 g/mol. The van der Waals surface area contributed by atoms with Gasteiger partial charge in [0.1, 0.15) is 0 Å². The molecule has 3 aromatic carbocycles. The molecule has 12 heteroatoms. The molecule has 2 atom stereocenters. The number of sulfonamides is 1. The highest BCUT2D eigenvalue weighted by atomic mass is 32.2. The van der Waals surface area contributed by atoms with Crippen LogP contribution in [0.2, 0.25) is 0 Å². The van der Waals surface area contributed by atoms with Crippen molar-refractivity contribution in [3.05, 3.63) is 101 Å². The number of hydrogen-bond donors (Lipinski definition) is 4. The van der Waals surface area contributed by atoms with Crippen molar-refractivity contribution in [2.75, 3.05) is 19.6 Å². The number of fused-ring (bicyclic) bond motifs is 2. The van der Waals surface area contributed by atoms with Gasteiger partial charge in [-0.25, -0.2) is 17.9 Å². The number of carboxylic acid groups (broad SMARTS) is 1. The smallest absolute Gasteiger partial charge is 0.475 e. The minimum atomic E-state index is -5.08. The van der Waals surface area contributed by atoms with Crippen LogP contribution in [0.4, 0.5) is 13.2 Å². The Labute approximate surface area is 248 Å². The minimum absolute atomic E-state index is 0.0408. The fourth-order valence-electron chi connectivity index (χ4n) is 5.44. The third kappa shape index (κ3) is 8.43. The highest BCUT2D eigenvalue weighted by Gasteiger charge is 2.38. The normalized spacial score (nSPS) is 18.7. The molecule has 1 amide bonds. The molecule has 1 fully saturated rings. The van der Waals surface area contributed by atoms with E-state index in [-0.39, 0.29) is 28.7 Å². The summed E-state index contributed by atoms with van der Waals surface area (Å²) in [5.41, 5.74) is 6.21. The van der Waals surface area contributed by atoms with Gasteiger partial charge in [-0.05, 0) is 60.6 Å². The third-order valence-electron chi connectivity index (χ3n) is 7.62. The van der Waals surface area contributed by atoms with E-state index in [0.29, 0.717) is 26.1 Å². The van der Waals surface area contributed by atoms with Crippen molar-refractivity contribution < 1.29 is 36.3 Å². The number of nitrogens with one attached hydrogen (secondary N) is 3. The summed E-state index contributed by atoms with van der Waals surface area (Å²) in [7, 11) is -3.65. The maximum Gasteiger partial charge on any atom is 0.490 e. The van der Waals surface area contributed by atoms with E-state index >= 15 is 0 Å². The van der Waals surface area contributed by atoms with E-state index in [4.69, 9.17) is 9.90 Å². The van der Waals surface area contributed by atoms with E-state index in [2.05, 4.69) is 63.9 Å². The summed E-state index contributed by atoms with van der Waals surface area (Å²) in [6.07, 6.45) is -2.64. The van der Waals surface area contributed by atoms with Gasteiger partial charge in [-0.2, -0.15) is 13.2 Å². The zero-order valence-electron chi connectivity index (χ0n) is 23.5. The Morgan fingerprint density at radius 3 is 1.98 bits per heavy atom. The van der Waals surface area contributed by atoms with Crippen molar-refractivity contribution >= 4 is 21.9 Å². The molecular formula is C31H34F3N3O5S. The minimum Gasteiger partial charge on any atom is -0.475 e. The molecule has 0 bridgehead atoms. The van der Waals surface area contributed by atoms with Gasteiger partial charge >= 0.3 is 12.1 Å². The van der Waals surface area contributed by atoms with Crippen LogP contribution < -0.4 is 15.4 Å². The molecule has 230 valence electrons. The molecule has 2 aliphatic rings. The molecule has 2 unspecified atom stereocenters. The molecule has 1 heterocycles. The molecule has 0 aromatic heterocycles. The number of halogens is 3. The van der Waals surface area contributed by atoms with E-state index in [1.165, 1.54) is 22.3 Å². The van der Waals surface area contributed by atoms with E-state index < -0.39 is 22.2 Å². The number of piperidine rings is 1. The fraction of sp³-hybridized carbons (Fsp3) is 0.355. The second-order valence-corrected chi connectivity index (χ2v) is 12.4. The molecule has 0 spiro atoms. The largest absolute Gasteiger partial charge is 0.490 e. The van der Waals surface area contributed by atoms with Crippen LogP contribution in [0.5, 0.6) is 0 Å². The summed E-state index contributed by atoms with van der Waals surface area (Å²) < 4.78 is 60.2. The molecular weight excluding hydrogens is 583 g/mol. The summed E-state index contributed by atoms with van der Waals surface area (Å²) >= 11 is 0. The second-order valence-electron chi connectivity index (χ2n) is 10.7. The van der Waals surface area contributed by atoms with Crippen molar-refractivity contribution in [3.8, 4) is 0 Å². The van der Waals surface area contributed by atoms with Gasteiger partial charge in [0.2, 0.25) is 15.9 Å². The first kappa shape index (κ1) is 32.2. The lowest BCUT2D eigenvalue weighted by Crippen LogP contribution is -2.52. The standard InChI is InChI=1S/C29H33N3O3S.C2HF3O2/c1-20-10-14-25(15-11-20)36(34,35)32-24-16-23(17-30-18-24)29(33)31-19-28-26-8-4-2-6-21(26)12-13-22-7-3-5-9-27(22)28;3-2(4,5)1(6)7/h2-11,14-15,23-24,28,30,32H,12-13,16-19H2,1H3,(H,31,33);(H,6,7). The van der Waals surface area contributed by atoms with E-state index in [0.717, 1.165) is 18.4 Å². The van der Waals surface area contributed by atoms with Crippen LogP contribution in [0.1, 0.15) is 40.2 Å². The Morgan fingerprint density at radius 2 is 1.44 bits per heavy atom. The molecule has 8 nitrogen and oxygen atoms in total. The third-order valence-corrected chi connectivity index (χ3v) is 9.16. The number of rotatable bonds is 6. The maximum atomic E-state index is 13.2. The van der Waals surface area contributed by atoms with E-state index in [1.54, 1.807) is 24.3 Å². The molecule has 0 radical (unpaired) electrons. The van der Waals surface area contributed by atoms with Crippen molar-refractivity contribution in [1.29, 1.82) is 0 Å². The number of carboxylic acids is 1. The lowest BCUT2D eigenvalue weighted by molar-refractivity contribution is -0.192. The van der Waals surface area contributed by atoms with Gasteiger partial charge in [-0.1, -0.05) is 66.2 Å². The number of carbonyl (C=O) groups excluding carboxylic acids is 1. The average Bonchev–Trinajstić information content (AvgIpc) is 3.13. The zero-order chi connectivity index (χ0) is 31.2. The predicted molar refractivity (Wildman–Crippen MR) is 155 cm³/mol. The van der Waals surface area contributed by atoms with Crippen LogP contribution in [-0.4, -0.2) is 57.3 Å². The number of alkyl halides is 3. The Bertz CT molecular complexity index is 1500. The highest BCUT2D eigenvalue weighted by Crippen LogP contribution is 2.34. The number of hydrogen-bond acceptors (Lipinski definition) is 5. The topological polar surface area (TPSA) is 125 Å². The molecule has 4 N–H and O–H groups in total. The number of amides is 1. The molecule has 43 heavy (non-hydrogen) atoms.